The first-order valence-corrected chi connectivity index (χ1v) is 6.41. The number of halogens is 1. The van der Waals surface area contributed by atoms with E-state index in [1.807, 2.05) is 13.0 Å². The standard InChI is InChI=1S/C15H24FN/c1-6-15(4,5)14(17-7-2)13-10-12(16)9-8-11(13)3/h8-10,14,17H,6-7H2,1-5H3. The lowest BCUT2D eigenvalue weighted by Crippen LogP contribution is -2.34. The van der Waals surface area contributed by atoms with Crippen molar-refractivity contribution < 1.29 is 4.39 Å². The summed E-state index contributed by atoms with van der Waals surface area (Å²) in [5.74, 6) is -0.152. The molecule has 96 valence electrons. The molecule has 0 radical (unpaired) electrons. The van der Waals surface area contributed by atoms with Crippen molar-refractivity contribution in [1.82, 2.24) is 5.32 Å². The van der Waals surface area contributed by atoms with Gasteiger partial charge in [0.1, 0.15) is 5.82 Å². The van der Waals surface area contributed by atoms with Crippen LogP contribution < -0.4 is 5.32 Å². The molecule has 0 aliphatic carbocycles. The summed E-state index contributed by atoms with van der Waals surface area (Å²) in [7, 11) is 0. The first kappa shape index (κ1) is 14.2. The van der Waals surface area contributed by atoms with Crippen molar-refractivity contribution in [2.24, 2.45) is 5.41 Å². The van der Waals surface area contributed by atoms with Crippen molar-refractivity contribution in [2.75, 3.05) is 6.54 Å². The van der Waals surface area contributed by atoms with Crippen molar-refractivity contribution >= 4 is 0 Å². The van der Waals surface area contributed by atoms with Gasteiger partial charge in [-0.3, -0.25) is 0 Å². The lowest BCUT2D eigenvalue weighted by molar-refractivity contribution is 0.236. The summed E-state index contributed by atoms with van der Waals surface area (Å²) < 4.78 is 13.4. The molecule has 1 N–H and O–H groups in total. The zero-order chi connectivity index (χ0) is 13.1. The minimum Gasteiger partial charge on any atom is -0.310 e. The van der Waals surface area contributed by atoms with Gasteiger partial charge in [0, 0.05) is 6.04 Å². The van der Waals surface area contributed by atoms with Gasteiger partial charge in [0.05, 0.1) is 0 Å². The van der Waals surface area contributed by atoms with Gasteiger partial charge in [0.2, 0.25) is 0 Å². The van der Waals surface area contributed by atoms with Gasteiger partial charge in [-0.25, -0.2) is 4.39 Å². The molecule has 1 atom stereocenters. The topological polar surface area (TPSA) is 12.0 Å². The fourth-order valence-corrected chi connectivity index (χ4v) is 2.14. The van der Waals surface area contributed by atoms with E-state index in [4.69, 9.17) is 0 Å². The Kier molecular flexibility index (Phi) is 4.70. The number of rotatable bonds is 5. The van der Waals surface area contributed by atoms with Crippen molar-refractivity contribution in [3.05, 3.63) is 35.1 Å². The maximum atomic E-state index is 13.4. The summed E-state index contributed by atoms with van der Waals surface area (Å²) in [6.45, 7) is 11.7. The normalized spacial score (nSPS) is 13.8. The average Bonchev–Trinajstić information content (AvgIpc) is 2.29. The molecule has 0 heterocycles. The molecule has 0 aromatic heterocycles. The molecule has 1 unspecified atom stereocenters. The molecule has 0 saturated carbocycles. The van der Waals surface area contributed by atoms with Crippen LogP contribution in [0.4, 0.5) is 4.39 Å². The Bertz CT molecular complexity index is 371. The molecule has 17 heavy (non-hydrogen) atoms. The van der Waals surface area contributed by atoms with E-state index in [1.54, 1.807) is 6.07 Å². The van der Waals surface area contributed by atoms with E-state index >= 15 is 0 Å². The predicted molar refractivity (Wildman–Crippen MR) is 71.6 cm³/mol. The summed E-state index contributed by atoms with van der Waals surface area (Å²) in [6, 6.07) is 5.26. The zero-order valence-electron chi connectivity index (χ0n) is 11.6. The SMILES string of the molecule is CCNC(c1cc(F)ccc1C)C(C)(C)CC. The highest BCUT2D eigenvalue weighted by Gasteiger charge is 2.29. The minimum absolute atomic E-state index is 0.120. The van der Waals surface area contributed by atoms with Crippen LogP contribution in [0.5, 0.6) is 0 Å². The molecular formula is C15H24FN. The van der Waals surface area contributed by atoms with E-state index in [-0.39, 0.29) is 17.3 Å². The van der Waals surface area contributed by atoms with Gasteiger partial charge in [0.25, 0.3) is 0 Å². The smallest absolute Gasteiger partial charge is 0.123 e. The summed E-state index contributed by atoms with van der Waals surface area (Å²) in [4.78, 5) is 0. The Morgan fingerprint density at radius 3 is 2.47 bits per heavy atom. The average molecular weight is 237 g/mol. The molecule has 1 nitrogen and oxygen atoms in total. The maximum Gasteiger partial charge on any atom is 0.123 e. The second kappa shape index (κ2) is 5.63. The lowest BCUT2D eigenvalue weighted by Gasteiger charge is -2.35. The van der Waals surface area contributed by atoms with Crippen LogP contribution in [0.3, 0.4) is 0 Å². The van der Waals surface area contributed by atoms with E-state index in [0.29, 0.717) is 0 Å². The highest BCUT2D eigenvalue weighted by molar-refractivity contribution is 5.31. The van der Waals surface area contributed by atoms with Gasteiger partial charge >= 0.3 is 0 Å². The Balaban J connectivity index is 3.17. The van der Waals surface area contributed by atoms with E-state index < -0.39 is 0 Å². The Labute approximate surface area is 104 Å². The maximum absolute atomic E-state index is 13.4. The Morgan fingerprint density at radius 1 is 1.29 bits per heavy atom. The van der Waals surface area contributed by atoms with E-state index in [2.05, 4.69) is 33.0 Å². The highest BCUT2D eigenvalue weighted by atomic mass is 19.1. The quantitative estimate of drug-likeness (QED) is 0.808. The molecule has 0 amide bonds. The van der Waals surface area contributed by atoms with E-state index in [1.165, 1.54) is 6.07 Å². The second-order valence-electron chi connectivity index (χ2n) is 5.33. The molecule has 0 fully saturated rings. The first-order valence-electron chi connectivity index (χ1n) is 6.41. The van der Waals surface area contributed by atoms with Crippen LogP contribution >= 0.6 is 0 Å². The van der Waals surface area contributed by atoms with Crippen LogP contribution in [0.25, 0.3) is 0 Å². The molecular weight excluding hydrogens is 213 g/mol. The van der Waals surface area contributed by atoms with Crippen LogP contribution in [0, 0.1) is 18.2 Å². The highest BCUT2D eigenvalue weighted by Crippen LogP contribution is 2.37. The summed E-state index contributed by atoms with van der Waals surface area (Å²) >= 11 is 0. The number of hydrogen-bond donors (Lipinski definition) is 1. The van der Waals surface area contributed by atoms with Gasteiger partial charge in [-0.05, 0) is 48.6 Å². The summed E-state index contributed by atoms with van der Waals surface area (Å²) in [6.07, 6.45) is 1.06. The van der Waals surface area contributed by atoms with Gasteiger partial charge in [-0.15, -0.1) is 0 Å². The Hall–Kier alpha value is -0.890. The van der Waals surface area contributed by atoms with Crippen LogP contribution in [0.2, 0.25) is 0 Å². The Morgan fingerprint density at radius 2 is 1.94 bits per heavy atom. The monoisotopic (exact) mass is 237 g/mol. The second-order valence-corrected chi connectivity index (χ2v) is 5.33. The largest absolute Gasteiger partial charge is 0.310 e. The van der Waals surface area contributed by atoms with Crippen molar-refractivity contribution in [3.8, 4) is 0 Å². The molecule has 0 aliphatic rings. The fraction of sp³-hybridized carbons (Fsp3) is 0.600. The summed E-state index contributed by atoms with van der Waals surface area (Å²) in [5, 5.41) is 3.49. The van der Waals surface area contributed by atoms with E-state index in [0.717, 1.165) is 24.1 Å². The molecule has 0 bridgehead atoms. The molecule has 1 rings (SSSR count). The summed E-state index contributed by atoms with van der Waals surface area (Å²) in [5.41, 5.74) is 2.35. The fourth-order valence-electron chi connectivity index (χ4n) is 2.14. The number of nitrogens with one attached hydrogen (secondary N) is 1. The first-order chi connectivity index (χ1) is 7.92. The number of hydrogen-bond acceptors (Lipinski definition) is 1. The third-order valence-corrected chi connectivity index (χ3v) is 3.65. The van der Waals surface area contributed by atoms with Crippen molar-refractivity contribution in [1.29, 1.82) is 0 Å². The number of benzene rings is 1. The van der Waals surface area contributed by atoms with Crippen LogP contribution in [-0.2, 0) is 0 Å². The van der Waals surface area contributed by atoms with Crippen LogP contribution in [0.1, 0.15) is 51.3 Å². The molecule has 2 heteroatoms. The minimum atomic E-state index is -0.152. The third-order valence-electron chi connectivity index (χ3n) is 3.65. The third kappa shape index (κ3) is 3.29. The van der Waals surface area contributed by atoms with Gasteiger partial charge in [-0.2, -0.15) is 0 Å². The molecule has 1 aromatic rings. The van der Waals surface area contributed by atoms with Crippen LogP contribution in [0.15, 0.2) is 18.2 Å². The molecule has 0 aliphatic heterocycles. The van der Waals surface area contributed by atoms with Crippen LogP contribution in [-0.4, -0.2) is 6.54 Å². The molecule has 1 aromatic carbocycles. The van der Waals surface area contributed by atoms with E-state index in [9.17, 15) is 4.39 Å². The van der Waals surface area contributed by atoms with Gasteiger partial charge in [0.15, 0.2) is 0 Å². The predicted octanol–water partition coefficient (Wildman–Crippen LogP) is 4.22. The molecule has 0 spiro atoms. The van der Waals surface area contributed by atoms with Crippen molar-refractivity contribution in [3.63, 3.8) is 0 Å². The van der Waals surface area contributed by atoms with Gasteiger partial charge < -0.3 is 5.32 Å². The number of aryl methyl sites for hydroxylation is 1. The molecule has 0 saturated heterocycles. The zero-order valence-corrected chi connectivity index (χ0v) is 11.6. The lowest BCUT2D eigenvalue weighted by atomic mass is 9.77. The van der Waals surface area contributed by atoms with Crippen molar-refractivity contribution in [2.45, 2.75) is 47.1 Å². The van der Waals surface area contributed by atoms with Gasteiger partial charge in [-0.1, -0.05) is 33.8 Å².